The maximum Gasteiger partial charge on any atom is 0.488 e. The van der Waals surface area contributed by atoms with Crippen LogP contribution >= 0.6 is 0 Å². The highest BCUT2D eigenvalue weighted by Gasteiger charge is 2.23. The van der Waals surface area contributed by atoms with Crippen LogP contribution in [0.15, 0.2) is 42.6 Å². The SMILES string of the molecule is NC(=O)c1cccn2c(-c3nc4c(c(NCc5cccc(B(O)O)c5)n3)NCC4)nnc12. The van der Waals surface area contributed by atoms with Crippen LogP contribution in [0.2, 0.25) is 0 Å². The predicted octanol–water partition coefficient (Wildman–Crippen LogP) is -0.455. The molecule has 0 saturated heterocycles. The number of hydrogen-bond acceptors (Lipinski definition) is 9. The molecule has 0 atom stereocenters. The lowest BCUT2D eigenvalue weighted by atomic mass is 9.80. The summed E-state index contributed by atoms with van der Waals surface area (Å²) in [5.74, 6) is 0.765. The summed E-state index contributed by atoms with van der Waals surface area (Å²) in [6, 6.07) is 10.3. The average molecular weight is 430 g/mol. The molecule has 3 aromatic heterocycles. The minimum Gasteiger partial charge on any atom is -0.423 e. The number of carbonyl (C=O) groups excluding carboxylic acids is 1. The number of nitrogens with one attached hydrogen (secondary N) is 2. The summed E-state index contributed by atoms with van der Waals surface area (Å²) < 4.78 is 1.64. The molecule has 1 amide bonds. The van der Waals surface area contributed by atoms with Gasteiger partial charge in [0.25, 0.3) is 5.91 Å². The summed E-state index contributed by atoms with van der Waals surface area (Å²) in [6.07, 6.45) is 2.46. The highest BCUT2D eigenvalue weighted by atomic mass is 16.4. The average Bonchev–Trinajstić information content (AvgIpc) is 3.44. The molecule has 0 spiro atoms. The largest absolute Gasteiger partial charge is 0.488 e. The van der Waals surface area contributed by atoms with Crippen LogP contribution in [-0.2, 0) is 13.0 Å². The Balaban J connectivity index is 1.52. The maximum absolute atomic E-state index is 11.7. The van der Waals surface area contributed by atoms with Crippen molar-refractivity contribution in [3.63, 3.8) is 0 Å². The number of fused-ring (bicyclic) bond motifs is 2. The molecule has 32 heavy (non-hydrogen) atoms. The summed E-state index contributed by atoms with van der Waals surface area (Å²) in [4.78, 5) is 21.0. The topological polar surface area (TPSA) is 164 Å². The first kappa shape index (κ1) is 19.9. The van der Waals surface area contributed by atoms with Gasteiger partial charge in [0.1, 0.15) is 0 Å². The number of nitrogens with two attached hydrogens (primary N) is 1. The van der Waals surface area contributed by atoms with Gasteiger partial charge in [0.2, 0.25) is 11.6 Å². The van der Waals surface area contributed by atoms with E-state index in [1.165, 1.54) is 0 Å². The standard InChI is InChI=1S/C20H19BN8O3/c22-16(30)13-5-2-8-29-19(13)27-28-20(29)18-25-14-6-7-23-15(14)17(26-18)24-10-11-3-1-4-12(9-11)21(31)32/h1-5,8-9,23,31-32H,6-7,10H2,(H2,22,30)(H,24,25,26). The first-order chi connectivity index (χ1) is 15.5. The molecule has 160 valence electrons. The zero-order chi connectivity index (χ0) is 22.2. The van der Waals surface area contributed by atoms with Crippen LogP contribution in [-0.4, -0.2) is 54.2 Å². The fourth-order valence-corrected chi connectivity index (χ4v) is 3.72. The van der Waals surface area contributed by atoms with E-state index in [-0.39, 0.29) is 5.56 Å². The molecule has 12 heteroatoms. The van der Waals surface area contributed by atoms with Crippen molar-refractivity contribution in [2.45, 2.75) is 13.0 Å². The van der Waals surface area contributed by atoms with Gasteiger partial charge in [-0.2, -0.15) is 0 Å². The van der Waals surface area contributed by atoms with Crippen LogP contribution in [0.3, 0.4) is 0 Å². The zero-order valence-electron chi connectivity index (χ0n) is 16.9. The summed E-state index contributed by atoms with van der Waals surface area (Å²) in [5.41, 5.74) is 8.99. The van der Waals surface area contributed by atoms with E-state index in [0.29, 0.717) is 35.1 Å². The van der Waals surface area contributed by atoms with Crippen LogP contribution < -0.4 is 21.8 Å². The zero-order valence-corrected chi connectivity index (χ0v) is 16.9. The molecule has 1 aliphatic heterocycles. The van der Waals surface area contributed by atoms with Gasteiger partial charge in [-0.25, -0.2) is 9.97 Å². The number of benzene rings is 1. The highest BCUT2D eigenvalue weighted by molar-refractivity contribution is 6.58. The molecule has 1 aliphatic rings. The van der Waals surface area contributed by atoms with Gasteiger partial charge in [-0.05, 0) is 23.2 Å². The van der Waals surface area contributed by atoms with E-state index in [1.54, 1.807) is 40.9 Å². The first-order valence-corrected chi connectivity index (χ1v) is 9.99. The van der Waals surface area contributed by atoms with Crippen LogP contribution in [0.1, 0.15) is 21.6 Å². The molecule has 0 unspecified atom stereocenters. The van der Waals surface area contributed by atoms with Crippen molar-refractivity contribution in [2.75, 3.05) is 17.2 Å². The van der Waals surface area contributed by atoms with Crippen molar-refractivity contribution in [3.8, 4) is 11.6 Å². The van der Waals surface area contributed by atoms with Crippen LogP contribution in [0.25, 0.3) is 17.3 Å². The molecule has 11 nitrogen and oxygen atoms in total. The van der Waals surface area contributed by atoms with Crippen LogP contribution in [0.5, 0.6) is 0 Å². The van der Waals surface area contributed by atoms with Gasteiger partial charge in [0, 0.05) is 25.7 Å². The number of carbonyl (C=O) groups is 1. The Labute approximate surface area is 182 Å². The van der Waals surface area contributed by atoms with Crippen molar-refractivity contribution in [3.05, 3.63) is 59.4 Å². The molecule has 0 fully saturated rings. The monoisotopic (exact) mass is 430 g/mol. The number of anilines is 2. The smallest absolute Gasteiger partial charge is 0.423 e. The Hall–Kier alpha value is -4.03. The number of aromatic nitrogens is 5. The minimum absolute atomic E-state index is 0.262. The Morgan fingerprint density at radius 3 is 2.91 bits per heavy atom. The second-order valence-electron chi connectivity index (χ2n) is 7.37. The number of primary amides is 1. The number of rotatable bonds is 6. The Kier molecular flexibility index (Phi) is 4.92. The van der Waals surface area contributed by atoms with Crippen molar-refractivity contribution >= 4 is 35.6 Å². The molecule has 1 aromatic carbocycles. The van der Waals surface area contributed by atoms with Gasteiger partial charge in [-0.1, -0.05) is 24.3 Å². The number of nitrogens with zero attached hydrogens (tertiary/aromatic N) is 5. The number of hydrogen-bond donors (Lipinski definition) is 5. The molecule has 4 aromatic rings. The van der Waals surface area contributed by atoms with E-state index in [2.05, 4.69) is 30.8 Å². The summed E-state index contributed by atoms with van der Waals surface area (Å²) in [7, 11) is -1.53. The third kappa shape index (κ3) is 3.51. The summed E-state index contributed by atoms with van der Waals surface area (Å²) in [5, 5.41) is 33.7. The lowest BCUT2D eigenvalue weighted by Gasteiger charge is -2.12. The fraction of sp³-hybridized carbons (Fsp3) is 0.150. The lowest BCUT2D eigenvalue weighted by molar-refractivity contribution is 0.100. The van der Waals surface area contributed by atoms with E-state index < -0.39 is 13.0 Å². The van der Waals surface area contributed by atoms with Gasteiger partial charge in [-0.15, -0.1) is 10.2 Å². The fourth-order valence-electron chi connectivity index (χ4n) is 3.72. The number of amides is 1. The quantitative estimate of drug-likeness (QED) is 0.255. The summed E-state index contributed by atoms with van der Waals surface area (Å²) >= 11 is 0. The van der Waals surface area contributed by atoms with Crippen LogP contribution in [0.4, 0.5) is 11.5 Å². The number of pyridine rings is 1. The highest BCUT2D eigenvalue weighted by Crippen LogP contribution is 2.31. The molecule has 0 saturated carbocycles. The second-order valence-corrected chi connectivity index (χ2v) is 7.37. The molecular formula is C20H19BN8O3. The third-order valence-corrected chi connectivity index (χ3v) is 5.26. The third-order valence-electron chi connectivity index (χ3n) is 5.26. The Morgan fingerprint density at radius 1 is 1.22 bits per heavy atom. The van der Waals surface area contributed by atoms with Gasteiger partial charge in [-0.3, -0.25) is 9.20 Å². The summed E-state index contributed by atoms with van der Waals surface area (Å²) in [6.45, 7) is 1.15. The van der Waals surface area contributed by atoms with Crippen molar-refractivity contribution in [1.29, 1.82) is 0 Å². The molecule has 0 aliphatic carbocycles. The maximum atomic E-state index is 11.7. The molecule has 6 N–H and O–H groups in total. The minimum atomic E-state index is -1.53. The van der Waals surface area contributed by atoms with E-state index >= 15 is 0 Å². The molecule has 4 heterocycles. The van der Waals surface area contributed by atoms with E-state index in [1.807, 2.05) is 6.07 Å². The Bertz CT molecular complexity index is 1340. The van der Waals surface area contributed by atoms with E-state index in [4.69, 9.17) is 5.73 Å². The molecule has 0 bridgehead atoms. The molecular weight excluding hydrogens is 411 g/mol. The lowest BCUT2D eigenvalue weighted by Crippen LogP contribution is -2.30. The van der Waals surface area contributed by atoms with Crippen molar-refractivity contribution in [1.82, 2.24) is 24.6 Å². The van der Waals surface area contributed by atoms with Crippen molar-refractivity contribution in [2.24, 2.45) is 5.73 Å². The van der Waals surface area contributed by atoms with E-state index in [0.717, 1.165) is 29.9 Å². The van der Waals surface area contributed by atoms with Crippen LogP contribution in [0, 0.1) is 0 Å². The van der Waals surface area contributed by atoms with Gasteiger partial charge >= 0.3 is 7.12 Å². The van der Waals surface area contributed by atoms with Gasteiger partial charge in [0.05, 0.1) is 16.9 Å². The van der Waals surface area contributed by atoms with Gasteiger partial charge in [0.15, 0.2) is 11.5 Å². The molecule has 5 rings (SSSR count). The molecule has 0 radical (unpaired) electrons. The van der Waals surface area contributed by atoms with Gasteiger partial charge < -0.3 is 26.4 Å². The first-order valence-electron chi connectivity index (χ1n) is 9.99. The Morgan fingerprint density at radius 2 is 2.09 bits per heavy atom. The van der Waals surface area contributed by atoms with Crippen molar-refractivity contribution < 1.29 is 14.8 Å². The second kappa shape index (κ2) is 7.91. The predicted molar refractivity (Wildman–Crippen MR) is 118 cm³/mol. The van der Waals surface area contributed by atoms with E-state index in [9.17, 15) is 14.8 Å². The normalized spacial score (nSPS) is 12.4.